The Morgan fingerprint density at radius 1 is 0.868 bits per heavy atom. The minimum atomic E-state index is -1.71. The molecule has 11 heteroatoms. The van der Waals surface area contributed by atoms with Gasteiger partial charge in [-0.3, -0.25) is 0 Å². The quantitative estimate of drug-likeness (QED) is 0.0816. The van der Waals surface area contributed by atoms with Gasteiger partial charge in [0.25, 0.3) is 0 Å². The second-order valence-corrected chi connectivity index (χ2v) is 30.2. The Hall–Kier alpha value is -2.66. The summed E-state index contributed by atoms with van der Waals surface area (Å²) in [6.07, 6.45) is 18.2. The largest absolute Gasteiger partial charge is 0.454 e. The first-order valence-electron chi connectivity index (χ1n) is 30.2. The molecule has 10 bridgehead atoms. The van der Waals surface area contributed by atoms with Gasteiger partial charge in [0, 0.05) is 64.2 Å². The monoisotopic (exact) mass is 1070 g/mol. The van der Waals surface area contributed by atoms with E-state index in [0.717, 1.165) is 79.4 Å². The number of rotatable bonds is 6. The first-order valence-corrected chi connectivity index (χ1v) is 32.7. The fourth-order valence-electron chi connectivity index (χ4n) is 22.2. The van der Waals surface area contributed by atoms with Gasteiger partial charge in [-0.05, 0) is 211 Å². The highest BCUT2D eigenvalue weighted by Crippen LogP contribution is 2.80. The standard InChI is InChI=1S/C65H83NO8S2/c1-38-43-17-16-41(23-43)34-75-76-35-49-27-47-24-40(15-14-39-9-4-3-5-10-39)30-60(47)36-62(37-68)55-20-22-61-21-7-6-11-42-12-8-13-45(33-67)50(42)28-54(66-2)51-26-46(57(61)52-29-56(69)74-58(51)52)31-64(61,71)63(55,70)32-48-25-44(38)18-19-53(59(60)73-49)65(48,62)72/h3-5,8-10,12-13,29,37-38,40-41,43-44,46-49,51,53-55,57-59,66-67,70-72H,7,14-28,30-36H2,1-2H3. The molecule has 408 valence electrons. The molecule has 0 aromatic heterocycles. The number of benzene rings is 2. The molecule has 0 radical (unpaired) electrons. The average Bonchev–Trinajstić information content (AvgIpc) is 2.89. The number of likely N-dealkylation sites (N-methyl/N-ethyl adjacent to an activating group) is 1. The highest BCUT2D eigenvalue weighted by molar-refractivity contribution is 8.76. The summed E-state index contributed by atoms with van der Waals surface area (Å²) in [5.74, 6) is 10.00. The van der Waals surface area contributed by atoms with Crippen molar-refractivity contribution >= 4 is 33.8 Å². The van der Waals surface area contributed by atoms with Crippen LogP contribution in [0, 0.1) is 99.1 Å². The number of aldehydes is 1. The molecular weight excluding hydrogens is 987 g/mol. The molecule has 22 atom stereocenters. The van der Waals surface area contributed by atoms with E-state index in [1.165, 1.54) is 36.9 Å². The van der Waals surface area contributed by atoms with Crippen molar-refractivity contribution in [3.05, 3.63) is 82.4 Å². The van der Waals surface area contributed by atoms with Gasteiger partial charge in [0.1, 0.15) is 18.0 Å². The van der Waals surface area contributed by atoms with Crippen LogP contribution in [0.25, 0.3) is 0 Å². The number of hydrogen-bond acceptors (Lipinski definition) is 11. The lowest BCUT2D eigenvalue weighted by atomic mass is 9.33. The van der Waals surface area contributed by atoms with Crippen molar-refractivity contribution in [3.63, 3.8) is 0 Å². The maximum absolute atomic E-state index is 15.5. The van der Waals surface area contributed by atoms with E-state index in [9.17, 15) is 25.2 Å². The molecule has 2 saturated heterocycles. The second kappa shape index (κ2) is 19.0. The lowest BCUT2D eigenvalue weighted by molar-refractivity contribution is -0.365. The Bertz CT molecular complexity index is 2710. The molecule has 15 rings (SSSR count). The third kappa shape index (κ3) is 7.27. The van der Waals surface area contributed by atoms with Gasteiger partial charge >= 0.3 is 5.97 Å². The van der Waals surface area contributed by atoms with Crippen LogP contribution in [0.5, 0.6) is 0 Å². The van der Waals surface area contributed by atoms with Crippen LogP contribution in [0.3, 0.4) is 0 Å². The molecule has 10 aliphatic carbocycles. The molecule has 9 nitrogen and oxygen atoms in total. The van der Waals surface area contributed by atoms with Gasteiger partial charge in [-0.1, -0.05) is 82.8 Å². The predicted octanol–water partition coefficient (Wildman–Crippen LogP) is 9.83. The lowest BCUT2D eigenvalue weighted by Gasteiger charge is -2.75. The van der Waals surface area contributed by atoms with Crippen molar-refractivity contribution in [2.75, 3.05) is 18.6 Å². The summed E-state index contributed by atoms with van der Waals surface area (Å²) in [5.41, 5.74) is -2.23. The number of fused-ring (bicyclic) bond motifs is 11. The summed E-state index contributed by atoms with van der Waals surface area (Å²) in [7, 11) is 6.03. The first-order chi connectivity index (χ1) is 36.8. The Labute approximate surface area is 459 Å². The maximum Gasteiger partial charge on any atom is 0.331 e. The maximum atomic E-state index is 15.5. The summed E-state index contributed by atoms with van der Waals surface area (Å²) in [6.45, 7) is 2.39. The van der Waals surface area contributed by atoms with Gasteiger partial charge in [-0.25, -0.2) is 4.79 Å². The number of carbonyl (C=O) groups is 2. The SMILES string of the molecule is CNC1Cc2c(cccc2CO)C#CCCC23CCC4C(O)(CC5CC6CCC7C8OC(CSSCC9CCC(C9)C6C)CC6CC(CCc9ccccc9)CC68CC4(C=O)C57O)C2(O)CC2CC1C1OC(=O)C=C1C23. The molecule has 22 unspecified atom stereocenters. The van der Waals surface area contributed by atoms with Crippen LogP contribution in [0.15, 0.2) is 60.2 Å². The van der Waals surface area contributed by atoms with Crippen molar-refractivity contribution < 1.29 is 39.5 Å². The van der Waals surface area contributed by atoms with E-state index in [1.807, 2.05) is 36.0 Å². The molecule has 13 aliphatic rings. The Kier molecular flexibility index (Phi) is 12.8. The molecule has 2 spiro atoms. The lowest BCUT2D eigenvalue weighted by Crippen LogP contribution is -2.83. The van der Waals surface area contributed by atoms with E-state index in [1.54, 1.807) is 6.08 Å². The fourth-order valence-corrected chi connectivity index (χ4v) is 24.9. The van der Waals surface area contributed by atoms with Gasteiger partial charge in [-0.2, -0.15) is 0 Å². The second-order valence-electron chi connectivity index (χ2n) is 27.7. The summed E-state index contributed by atoms with van der Waals surface area (Å²) in [6, 6.07) is 16.7. The number of aryl methyl sites for hydroxylation is 1. The zero-order valence-corrected chi connectivity index (χ0v) is 46.6. The van der Waals surface area contributed by atoms with Gasteiger partial charge in [0.15, 0.2) is 0 Å². The van der Waals surface area contributed by atoms with E-state index < -0.39 is 45.6 Å². The number of hydrogen-bond donors (Lipinski definition) is 5. The highest BCUT2D eigenvalue weighted by Gasteiger charge is 2.85. The van der Waals surface area contributed by atoms with Crippen LogP contribution >= 0.6 is 21.6 Å². The predicted molar refractivity (Wildman–Crippen MR) is 296 cm³/mol. The third-order valence-corrected chi connectivity index (χ3v) is 27.8. The van der Waals surface area contributed by atoms with E-state index in [4.69, 9.17) is 9.47 Å². The Morgan fingerprint density at radius 2 is 1.70 bits per heavy atom. The fraction of sp³-hybridized carbons (Fsp3) is 0.723. The number of aliphatic hydroxyl groups excluding tert-OH is 1. The summed E-state index contributed by atoms with van der Waals surface area (Å²) in [5, 5.41) is 58.9. The Balaban J connectivity index is 0.925. The van der Waals surface area contributed by atoms with E-state index in [2.05, 4.69) is 65.2 Å². The van der Waals surface area contributed by atoms with E-state index >= 15 is 4.79 Å². The van der Waals surface area contributed by atoms with Crippen molar-refractivity contribution in [3.8, 4) is 11.8 Å². The molecule has 76 heavy (non-hydrogen) atoms. The molecule has 10 fully saturated rings. The highest BCUT2D eigenvalue weighted by atomic mass is 33.1. The van der Waals surface area contributed by atoms with Crippen LogP contribution < -0.4 is 5.32 Å². The topological polar surface area (TPSA) is 146 Å². The molecule has 2 aromatic rings. The van der Waals surface area contributed by atoms with Gasteiger partial charge < -0.3 is 40.0 Å². The summed E-state index contributed by atoms with van der Waals surface area (Å²) < 4.78 is 14.2. The number of aliphatic hydroxyl groups is 4. The number of carbonyl (C=O) groups excluding carboxylic acids is 2. The molecular formula is C65H83NO8S2. The van der Waals surface area contributed by atoms with Crippen LogP contribution in [-0.4, -0.2) is 92.4 Å². The average molecular weight is 1070 g/mol. The molecule has 0 amide bonds. The number of ether oxygens (including phenoxy) is 2. The van der Waals surface area contributed by atoms with Gasteiger partial charge in [-0.15, -0.1) is 0 Å². The van der Waals surface area contributed by atoms with E-state index in [0.29, 0.717) is 86.9 Å². The Morgan fingerprint density at radius 3 is 2.53 bits per heavy atom. The van der Waals surface area contributed by atoms with Gasteiger partial charge in [0.05, 0.1) is 35.4 Å². The minimum absolute atomic E-state index is 0.0676. The number of esters is 1. The third-order valence-electron chi connectivity index (χ3n) is 25.2. The molecule has 8 saturated carbocycles. The summed E-state index contributed by atoms with van der Waals surface area (Å²) >= 11 is 0. The van der Waals surface area contributed by atoms with Crippen LogP contribution in [0.4, 0.5) is 0 Å². The van der Waals surface area contributed by atoms with E-state index in [-0.39, 0.29) is 66.3 Å². The molecule has 2 aromatic carbocycles. The zero-order chi connectivity index (χ0) is 52.0. The first kappa shape index (κ1) is 51.5. The van der Waals surface area contributed by atoms with Crippen molar-refractivity contribution in [2.24, 2.45) is 87.3 Å². The summed E-state index contributed by atoms with van der Waals surface area (Å²) in [4.78, 5) is 29.3. The molecule has 3 aliphatic heterocycles. The number of nitrogens with one attached hydrogen (secondary N) is 1. The van der Waals surface area contributed by atoms with Crippen LogP contribution in [0.1, 0.15) is 145 Å². The van der Waals surface area contributed by atoms with Crippen molar-refractivity contribution in [1.82, 2.24) is 5.32 Å². The minimum Gasteiger partial charge on any atom is -0.454 e. The van der Waals surface area contributed by atoms with Crippen LogP contribution in [-0.2, 0) is 38.5 Å². The van der Waals surface area contributed by atoms with Gasteiger partial charge in [0.2, 0.25) is 0 Å². The van der Waals surface area contributed by atoms with Crippen molar-refractivity contribution in [2.45, 2.75) is 183 Å². The normalized spacial score (nSPS) is 49.6. The van der Waals surface area contributed by atoms with Crippen LogP contribution in [0.2, 0.25) is 0 Å². The van der Waals surface area contributed by atoms with Crippen molar-refractivity contribution in [1.29, 1.82) is 0 Å². The molecule has 5 N–H and O–H groups in total. The smallest absolute Gasteiger partial charge is 0.331 e. The molecule has 3 heterocycles. The zero-order valence-electron chi connectivity index (χ0n) is 45.0.